The van der Waals surface area contributed by atoms with E-state index in [4.69, 9.17) is 21.4 Å². The summed E-state index contributed by atoms with van der Waals surface area (Å²) in [5.74, 6) is 1.34. The van der Waals surface area contributed by atoms with Crippen molar-refractivity contribution in [2.45, 2.75) is 0 Å². The fraction of sp³-hybridized carbons (Fsp3) is 0.0476. The van der Waals surface area contributed by atoms with Crippen LogP contribution in [-0.4, -0.2) is 23.1 Å². The molecule has 30 heavy (non-hydrogen) atoms. The Balaban J connectivity index is 1.56. The molecule has 9 heteroatoms. The number of nitrogens with zero attached hydrogens (tertiary/aromatic N) is 2. The predicted molar refractivity (Wildman–Crippen MR) is 115 cm³/mol. The molecule has 4 rings (SSSR count). The summed E-state index contributed by atoms with van der Waals surface area (Å²) in [6.45, 7) is 0. The number of methoxy groups -OCH3 is 1. The monoisotopic (exact) mass is 421 g/mol. The van der Waals surface area contributed by atoms with Gasteiger partial charge in [-0.2, -0.15) is 0 Å². The van der Waals surface area contributed by atoms with Crippen molar-refractivity contribution in [2.24, 2.45) is 0 Å². The topological polar surface area (TPSA) is 97.8 Å². The second kappa shape index (κ2) is 7.80. The van der Waals surface area contributed by atoms with Crippen molar-refractivity contribution < 1.29 is 18.9 Å². The van der Waals surface area contributed by atoms with Gasteiger partial charge in [0.05, 0.1) is 17.7 Å². The number of nitro groups is 1. The maximum Gasteiger partial charge on any atom is 0.281 e. The fourth-order valence-electron chi connectivity index (χ4n) is 2.98. The first-order valence-corrected chi connectivity index (χ1v) is 9.23. The molecule has 1 aromatic heterocycles. The Morgan fingerprint density at radius 3 is 2.43 bits per heavy atom. The zero-order valence-electron chi connectivity index (χ0n) is 15.7. The molecule has 0 radical (unpaired) electrons. The lowest BCUT2D eigenvalue weighted by molar-refractivity contribution is -0.384. The van der Waals surface area contributed by atoms with Crippen molar-refractivity contribution in [1.29, 1.82) is 0 Å². The molecular weight excluding hydrogens is 406 g/mol. The second-order valence-corrected chi connectivity index (χ2v) is 6.72. The van der Waals surface area contributed by atoms with Crippen LogP contribution < -0.4 is 15.0 Å². The van der Waals surface area contributed by atoms with E-state index in [0.717, 1.165) is 0 Å². The lowest BCUT2D eigenvalue weighted by atomic mass is 10.1. The summed E-state index contributed by atoms with van der Waals surface area (Å²) in [5.41, 5.74) is 1.58. The van der Waals surface area contributed by atoms with Crippen LogP contribution >= 0.6 is 12.2 Å². The number of carbonyl (C=O) groups is 1. The molecule has 0 saturated carbocycles. The van der Waals surface area contributed by atoms with Crippen molar-refractivity contribution >= 4 is 40.7 Å². The molecule has 1 aliphatic heterocycles. The Labute approximate surface area is 176 Å². The number of thiocarbonyl (C=S) groups is 1. The Morgan fingerprint density at radius 2 is 1.80 bits per heavy atom. The number of hydrogen-bond donors (Lipinski definition) is 1. The quantitative estimate of drug-likeness (QED) is 0.286. The first-order chi connectivity index (χ1) is 14.5. The van der Waals surface area contributed by atoms with Gasteiger partial charge in [-0.15, -0.1) is 0 Å². The number of non-ortho nitro benzene ring substituents is 1. The molecule has 1 N–H and O–H groups in total. The van der Waals surface area contributed by atoms with Gasteiger partial charge in [-0.3, -0.25) is 19.8 Å². The number of benzene rings is 2. The summed E-state index contributed by atoms with van der Waals surface area (Å²) in [7, 11) is 1.57. The van der Waals surface area contributed by atoms with Gasteiger partial charge in [-0.25, -0.2) is 0 Å². The summed E-state index contributed by atoms with van der Waals surface area (Å²) >= 11 is 5.31. The number of nitrogens with one attached hydrogen (secondary N) is 1. The molecule has 0 aliphatic carbocycles. The van der Waals surface area contributed by atoms with E-state index in [2.05, 4.69) is 5.32 Å². The standard InChI is InChI=1S/C21H15N3O5S/c1-28-16-8-6-14(7-9-16)23-20(25)18(22-21(23)30)12-17-10-11-19(29-17)13-2-4-15(5-3-13)24(26)27/h2-12H,1H3,(H,22,30). The average Bonchev–Trinajstić information content (AvgIpc) is 3.33. The summed E-state index contributed by atoms with van der Waals surface area (Å²) in [5, 5.41) is 13.9. The first-order valence-electron chi connectivity index (χ1n) is 8.82. The third-order valence-corrected chi connectivity index (χ3v) is 4.77. The van der Waals surface area contributed by atoms with Crippen LogP contribution in [0.3, 0.4) is 0 Å². The highest BCUT2D eigenvalue weighted by atomic mass is 32.1. The summed E-state index contributed by atoms with van der Waals surface area (Å²) in [4.78, 5) is 24.5. The molecule has 1 saturated heterocycles. The van der Waals surface area contributed by atoms with Crippen molar-refractivity contribution in [1.82, 2.24) is 5.32 Å². The third-order valence-electron chi connectivity index (χ3n) is 4.48. The molecule has 1 fully saturated rings. The minimum absolute atomic E-state index is 0.000496. The predicted octanol–water partition coefficient (Wildman–Crippen LogP) is 4.13. The van der Waals surface area contributed by atoms with Crippen LogP contribution in [0.4, 0.5) is 11.4 Å². The zero-order valence-corrected chi connectivity index (χ0v) is 16.5. The van der Waals surface area contributed by atoms with Gasteiger partial charge in [0.1, 0.15) is 23.0 Å². The molecule has 3 aromatic rings. The van der Waals surface area contributed by atoms with Gasteiger partial charge in [-0.1, -0.05) is 0 Å². The van der Waals surface area contributed by atoms with E-state index >= 15 is 0 Å². The van der Waals surface area contributed by atoms with Gasteiger partial charge >= 0.3 is 0 Å². The Morgan fingerprint density at radius 1 is 1.10 bits per heavy atom. The molecule has 8 nitrogen and oxygen atoms in total. The van der Waals surface area contributed by atoms with Gasteiger partial charge in [0.25, 0.3) is 11.6 Å². The van der Waals surface area contributed by atoms with Gasteiger partial charge in [0, 0.05) is 23.8 Å². The highest BCUT2D eigenvalue weighted by Crippen LogP contribution is 2.28. The number of nitro benzene ring substituents is 1. The number of hydrogen-bond acceptors (Lipinski definition) is 6. The van der Waals surface area contributed by atoms with E-state index < -0.39 is 4.92 Å². The van der Waals surface area contributed by atoms with Crippen LogP contribution in [0.25, 0.3) is 17.4 Å². The Bertz CT molecular complexity index is 1170. The molecule has 1 amide bonds. The van der Waals surface area contributed by atoms with Gasteiger partial charge in [0.15, 0.2) is 5.11 Å². The van der Waals surface area contributed by atoms with Crippen molar-refractivity contribution in [3.63, 3.8) is 0 Å². The van der Waals surface area contributed by atoms with E-state index in [0.29, 0.717) is 28.5 Å². The first kappa shape index (κ1) is 19.3. The lowest BCUT2D eigenvalue weighted by Crippen LogP contribution is -2.30. The minimum Gasteiger partial charge on any atom is -0.497 e. The normalized spacial score (nSPS) is 14.8. The average molecular weight is 421 g/mol. The number of ether oxygens (including phenoxy) is 1. The smallest absolute Gasteiger partial charge is 0.281 e. The summed E-state index contributed by atoms with van der Waals surface area (Å²) in [6.07, 6.45) is 1.56. The molecule has 2 heterocycles. The number of anilines is 1. The lowest BCUT2D eigenvalue weighted by Gasteiger charge is -2.14. The van der Waals surface area contributed by atoms with E-state index in [-0.39, 0.29) is 22.4 Å². The molecule has 0 spiro atoms. The molecule has 1 aliphatic rings. The molecule has 0 atom stereocenters. The maximum atomic E-state index is 12.8. The van der Waals surface area contributed by atoms with E-state index in [1.807, 2.05) is 0 Å². The van der Waals surface area contributed by atoms with Crippen LogP contribution in [0.1, 0.15) is 5.76 Å². The molecular formula is C21H15N3O5S. The fourth-order valence-corrected chi connectivity index (χ4v) is 3.27. The van der Waals surface area contributed by atoms with Crippen molar-refractivity contribution in [2.75, 3.05) is 12.0 Å². The van der Waals surface area contributed by atoms with E-state index in [1.54, 1.807) is 61.7 Å². The highest BCUT2D eigenvalue weighted by molar-refractivity contribution is 7.80. The summed E-state index contributed by atoms with van der Waals surface area (Å²) in [6, 6.07) is 16.4. The summed E-state index contributed by atoms with van der Waals surface area (Å²) < 4.78 is 10.9. The van der Waals surface area contributed by atoms with E-state index in [9.17, 15) is 14.9 Å². The number of amides is 1. The molecule has 2 aromatic carbocycles. The van der Waals surface area contributed by atoms with Crippen LogP contribution in [0.2, 0.25) is 0 Å². The SMILES string of the molecule is COc1ccc(N2C(=O)C(=Cc3ccc(-c4ccc([N+](=O)[O-])cc4)o3)NC2=S)cc1. The largest absolute Gasteiger partial charge is 0.497 e. The van der Waals surface area contributed by atoms with Crippen molar-refractivity contribution in [3.05, 3.63) is 82.2 Å². The highest BCUT2D eigenvalue weighted by Gasteiger charge is 2.32. The Hall–Kier alpha value is -3.98. The van der Waals surface area contributed by atoms with Crippen LogP contribution in [0, 0.1) is 10.1 Å². The number of furan rings is 1. The maximum absolute atomic E-state index is 12.8. The Kier molecular flexibility index (Phi) is 5.03. The van der Waals surface area contributed by atoms with Gasteiger partial charge < -0.3 is 14.5 Å². The molecule has 0 bridgehead atoms. The molecule has 0 unspecified atom stereocenters. The van der Waals surface area contributed by atoms with Crippen molar-refractivity contribution in [3.8, 4) is 17.1 Å². The number of rotatable bonds is 5. The molecule has 150 valence electrons. The van der Waals surface area contributed by atoms with Crippen LogP contribution in [0.15, 0.2) is 70.8 Å². The van der Waals surface area contributed by atoms with Crippen LogP contribution in [-0.2, 0) is 4.79 Å². The van der Waals surface area contributed by atoms with Crippen LogP contribution in [0.5, 0.6) is 5.75 Å². The minimum atomic E-state index is -0.462. The second-order valence-electron chi connectivity index (χ2n) is 6.33. The number of carbonyl (C=O) groups excluding carboxylic acids is 1. The van der Waals surface area contributed by atoms with E-state index in [1.165, 1.54) is 17.0 Å². The van der Waals surface area contributed by atoms with Gasteiger partial charge in [0.2, 0.25) is 0 Å². The zero-order chi connectivity index (χ0) is 21.3. The third kappa shape index (κ3) is 3.65. The van der Waals surface area contributed by atoms with Gasteiger partial charge in [-0.05, 0) is 60.7 Å².